The Morgan fingerprint density at radius 2 is 2.30 bits per heavy atom. The number of halogens is 1. The number of rotatable bonds is 4. The molecule has 0 bridgehead atoms. The van der Waals surface area contributed by atoms with Crippen molar-refractivity contribution in [2.75, 3.05) is 5.73 Å². The predicted octanol–water partition coefficient (Wildman–Crippen LogP) is 2.71. The van der Waals surface area contributed by atoms with Crippen LogP contribution in [-0.4, -0.2) is 17.1 Å². The number of aromatic nitrogens is 1. The summed E-state index contributed by atoms with van der Waals surface area (Å²) in [6.45, 7) is 1.91. The molecule has 20 heavy (non-hydrogen) atoms. The van der Waals surface area contributed by atoms with E-state index in [4.69, 9.17) is 17.3 Å². The molecule has 0 radical (unpaired) electrons. The molecule has 0 aliphatic rings. The molecule has 0 unspecified atom stereocenters. The van der Waals surface area contributed by atoms with E-state index in [1.165, 1.54) is 6.21 Å². The molecule has 2 aromatic rings. The number of hydrogen-bond acceptors (Lipinski definition) is 5. The lowest BCUT2D eigenvalue weighted by atomic mass is 10.2. The van der Waals surface area contributed by atoms with Gasteiger partial charge in [0.05, 0.1) is 11.9 Å². The van der Waals surface area contributed by atoms with Crippen molar-refractivity contribution in [2.45, 2.75) is 13.3 Å². The van der Waals surface area contributed by atoms with Crippen LogP contribution in [0.1, 0.15) is 27.9 Å². The van der Waals surface area contributed by atoms with Crippen LogP contribution in [0.25, 0.3) is 0 Å². The van der Waals surface area contributed by atoms with Gasteiger partial charge in [0, 0.05) is 10.6 Å². The molecule has 0 spiro atoms. The Labute approximate surface area is 125 Å². The fourth-order valence-electron chi connectivity index (χ4n) is 1.58. The van der Waals surface area contributed by atoms with Crippen molar-refractivity contribution in [3.05, 3.63) is 45.4 Å². The van der Waals surface area contributed by atoms with Crippen molar-refractivity contribution in [3.8, 4) is 0 Å². The number of hydrazone groups is 1. The number of benzene rings is 1. The van der Waals surface area contributed by atoms with Gasteiger partial charge in [-0.2, -0.15) is 5.10 Å². The first-order valence-corrected chi connectivity index (χ1v) is 7.14. The summed E-state index contributed by atoms with van der Waals surface area (Å²) in [6, 6.07) is 7.23. The largest absolute Gasteiger partial charge is 0.375 e. The molecular formula is C13H13ClN4OS. The first-order chi connectivity index (χ1) is 9.61. The quantitative estimate of drug-likeness (QED) is 0.673. The van der Waals surface area contributed by atoms with Gasteiger partial charge in [-0.05, 0) is 12.5 Å². The van der Waals surface area contributed by atoms with E-state index in [2.05, 4.69) is 15.5 Å². The number of anilines is 1. The first kappa shape index (κ1) is 14.5. The summed E-state index contributed by atoms with van der Waals surface area (Å²) in [4.78, 5) is 16.6. The number of aryl methyl sites for hydroxylation is 1. The van der Waals surface area contributed by atoms with Crippen molar-refractivity contribution < 1.29 is 4.79 Å². The smallest absolute Gasteiger partial charge is 0.283 e. The molecule has 1 heterocycles. The van der Waals surface area contributed by atoms with Crippen molar-refractivity contribution in [1.82, 2.24) is 10.4 Å². The number of thiazole rings is 1. The van der Waals surface area contributed by atoms with Crippen LogP contribution in [-0.2, 0) is 6.42 Å². The highest BCUT2D eigenvalue weighted by Crippen LogP contribution is 2.20. The number of amides is 1. The highest BCUT2D eigenvalue weighted by Gasteiger charge is 2.15. The second kappa shape index (κ2) is 6.49. The molecule has 0 fully saturated rings. The van der Waals surface area contributed by atoms with E-state index in [1.807, 2.05) is 19.1 Å². The van der Waals surface area contributed by atoms with Crippen LogP contribution in [0, 0.1) is 0 Å². The summed E-state index contributed by atoms with van der Waals surface area (Å²) in [5, 5.41) is 4.84. The van der Waals surface area contributed by atoms with E-state index in [-0.39, 0.29) is 5.91 Å². The highest BCUT2D eigenvalue weighted by atomic mass is 35.5. The summed E-state index contributed by atoms with van der Waals surface area (Å²) in [6.07, 6.45) is 2.14. The number of nitrogens with two attached hydrogens (primary N) is 1. The van der Waals surface area contributed by atoms with E-state index >= 15 is 0 Å². The second-order valence-electron chi connectivity index (χ2n) is 3.90. The van der Waals surface area contributed by atoms with E-state index in [0.29, 0.717) is 27.1 Å². The van der Waals surface area contributed by atoms with Gasteiger partial charge in [-0.25, -0.2) is 10.4 Å². The summed E-state index contributed by atoms with van der Waals surface area (Å²) >= 11 is 7.13. The fraction of sp³-hybridized carbons (Fsp3) is 0.154. The molecule has 0 atom stereocenters. The van der Waals surface area contributed by atoms with Crippen molar-refractivity contribution in [3.63, 3.8) is 0 Å². The fourth-order valence-corrected chi connectivity index (χ4v) is 2.57. The van der Waals surface area contributed by atoms with Gasteiger partial charge in [-0.3, -0.25) is 4.79 Å². The third-order valence-electron chi connectivity index (χ3n) is 2.53. The number of nitrogens with zero attached hydrogens (tertiary/aromatic N) is 2. The molecule has 0 saturated carbocycles. The number of nitrogens with one attached hydrogen (secondary N) is 1. The van der Waals surface area contributed by atoms with Crippen molar-refractivity contribution in [1.29, 1.82) is 0 Å². The van der Waals surface area contributed by atoms with Crippen LogP contribution < -0.4 is 11.2 Å². The molecule has 0 saturated heterocycles. The van der Waals surface area contributed by atoms with Crippen LogP contribution in [0.2, 0.25) is 5.02 Å². The van der Waals surface area contributed by atoms with Gasteiger partial charge in [0.25, 0.3) is 5.91 Å². The van der Waals surface area contributed by atoms with Gasteiger partial charge >= 0.3 is 0 Å². The number of hydrogen-bond donors (Lipinski definition) is 2. The minimum atomic E-state index is -0.320. The predicted molar refractivity (Wildman–Crippen MR) is 82.4 cm³/mol. The molecular weight excluding hydrogens is 296 g/mol. The minimum Gasteiger partial charge on any atom is -0.375 e. The maximum absolute atomic E-state index is 12.0. The second-order valence-corrected chi connectivity index (χ2v) is 5.34. The number of carbonyl (C=O) groups is 1. The first-order valence-electron chi connectivity index (χ1n) is 5.95. The topological polar surface area (TPSA) is 80.4 Å². The zero-order valence-corrected chi connectivity index (χ0v) is 12.3. The van der Waals surface area contributed by atoms with Crippen LogP contribution >= 0.6 is 22.9 Å². The molecule has 3 N–H and O–H groups in total. The van der Waals surface area contributed by atoms with Gasteiger partial charge in [0.15, 0.2) is 5.13 Å². The SMILES string of the molecule is CCc1nc(N)sc1C(=O)N/N=C/c1ccccc1Cl. The summed E-state index contributed by atoms with van der Waals surface area (Å²) in [7, 11) is 0. The lowest BCUT2D eigenvalue weighted by Gasteiger charge is -1.99. The minimum absolute atomic E-state index is 0.320. The lowest BCUT2D eigenvalue weighted by molar-refractivity contribution is 0.0958. The molecule has 0 aliphatic carbocycles. The summed E-state index contributed by atoms with van der Waals surface area (Å²) in [5.41, 5.74) is 9.46. The molecule has 1 aromatic heterocycles. The van der Waals surface area contributed by atoms with E-state index in [0.717, 1.165) is 16.9 Å². The molecule has 104 valence electrons. The van der Waals surface area contributed by atoms with Gasteiger partial charge in [-0.15, -0.1) is 0 Å². The molecule has 5 nitrogen and oxygen atoms in total. The van der Waals surface area contributed by atoms with E-state index in [9.17, 15) is 4.79 Å². The average molecular weight is 309 g/mol. The van der Waals surface area contributed by atoms with Crippen molar-refractivity contribution in [2.24, 2.45) is 5.10 Å². The van der Waals surface area contributed by atoms with Gasteiger partial charge in [0.1, 0.15) is 4.88 Å². The summed E-state index contributed by atoms with van der Waals surface area (Å²) in [5.74, 6) is -0.320. The maximum atomic E-state index is 12.0. The van der Waals surface area contributed by atoms with E-state index in [1.54, 1.807) is 12.1 Å². The standard InChI is InChI=1S/C13H13ClN4OS/c1-2-10-11(20-13(15)17-10)12(19)18-16-7-8-5-3-4-6-9(8)14/h3-7H,2H2,1H3,(H2,15,17)(H,18,19)/b16-7+. The summed E-state index contributed by atoms with van der Waals surface area (Å²) < 4.78 is 0. The Balaban J connectivity index is 2.07. The van der Waals surface area contributed by atoms with Gasteiger partial charge in [0.2, 0.25) is 0 Å². The van der Waals surface area contributed by atoms with Gasteiger partial charge in [-0.1, -0.05) is 48.1 Å². The lowest BCUT2D eigenvalue weighted by Crippen LogP contribution is -2.17. The molecule has 1 aromatic carbocycles. The molecule has 2 rings (SSSR count). The van der Waals surface area contributed by atoms with Crippen LogP contribution in [0.15, 0.2) is 29.4 Å². The Morgan fingerprint density at radius 1 is 1.55 bits per heavy atom. The highest BCUT2D eigenvalue weighted by molar-refractivity contribution is 7.17. The Bertz CT molecular complexity index is 654. The maximum Gasteiger partial charge on any atom is 0.283 e. The Morgan fingerprint density at radius 3 is 3.00 bits per heavy atom. The zero-order chi connectivity index (χ0) is 14.5. The third kappa shape index (κ3) is 3.34. The van der Waals surface area contributed by atoms with E-state index < -0.39 is 0 Å². The van der Waals surface area contributed by atoms with Crippen LogP contribution in [0.3, 0.4) is 0 Å². The Kier molecular flexibility index (Phi) is 4.70. The molecule has 1 amide bonds. The molecule has 0 aliphatic heterocycles. The van der Waals surface area contributed by atoms with Gasteiger partial charge < -0.3 is 5.73 Å². The monoisotopic (exact) mass is 308 g/mol. The third-order valence-corrected chi connectivity index (χ3v) is 3.80. The number of nitrogen functional groups attached to an aromatic ring is 1. The zero-order valence-electron chi connectivity index (χ0n) is 10.8. The van der Waals surface area contributed by atoms with Crippen molar-refractivity contribution >= 4 is 40.2 Å². The normalized spacial score (nSPS) is 10.9. The number of carbonyl (C=O) groups excluding carboxylic acids is 1. The molecule has 7 heteroatoms. The average Bonchev–Trinajstić information content (AvgIpc) is 2.82. The van der Waals surface area contributed by atoms with Crippen LogP contribution in [0.5, 0.6) is 0 Å². The van der Waals surface area contributed by atoms with Crippen LogP contribution in [0.4, 0.5) is 5.13 Å². The Hall–Kier alpha value is -1.92.